The van der Waals surface area contributed by atoms with Gasteiger partial charge in [-0.25, -0.2) is 0 Å². The molecule has 0 amide bonds. The Morgan fingerprint density at radius 2 is 1.54 bits per heavy atom. The van der Waals surface area contributed by atoms with E-state index in [0.717, 1.165) is 11.1 Å². The molecule has 3 rings (SSSR count). The van der Waals surface area contributed by atoms with Gasteiger partial charge in [0.25, 0.3) is 0 Å². The van der Waals surface area contributed by atoms with Crippen molar-refractivity contribution in [3.05, 3.63) is 88.7 Å². The van der Waals surface area contributed by atoms with Gasteiger partial charge in [-0.2, -0.15) is 0 Å². The van der Waals surface area contributed by atoms with Crippen LogP contribution in [0.15, 0.2) is 77.6 Å². The molecule has 0 saturated heterocycles. The highest BCUT2D eigenvalue weighted by Crippen LogP contribution is 2.68. The van der Waals surface area contributed by atoms with Gasteiger partial charge in [-0.3, -0.25) is 4.72 Å². The van der Waals surface area contributed by atoms with Crippen LogP contribution in [0.3, 0.4) is 0 Å². The summed E-state index contributed by atoms with van der Waals surface area (Å²) in [4.78, 5) is -0.962. The Bertz CT molecular complexity index is 754. The molecule has 0 saturated carbocycles. The van der Waals surface area contributed by atoms with Crippen LogP contribution < -0.4 is 4.72 Å². The lowest BCUT2D eigenvalue weighted by Crippen LogP contribution is -2.40. The molecule has 126 valence electrons. The molecule has 0 radical (unpaired) electrons. The van der Waals surface area contributed by atoms with Gasteiger partial charge < -0.3 is 5.11 Å². The standard InChI is InChI=1S/C21H25NOS/c1-17(2)21(23,20-12-8-5-9-13-20)24(22-3)15-14-19(16-24)18-10-6-4-7-11-18/h4-17,22-23H,1-3H3. The third-order valence-electron chi connectivity index (χ3n) is 4.70. The zero-order chi connectivity index (χ0) is 17.2. The maximum absolute atomic E-state index is 11.9. The monoisotopic (exact) mass is 339 g/mol. The van der Waals surface area contributed by atoms with Crippen LogP contribution in [-0.2, 0) is 4.93 Å². The third kappa shape index (κ3) is 2.63. The second kappa shape index (κ2) is 6.60. The molecule has 1 aliphatic rings. The minimum absolute atomic E-state index is 0.0679. The fraction of sp³-hybridized carbons (Fsp3) is 0.238. The first-order chi connectivity index (χ1) is 11.5. The zero-order valence-corrected chi connectivity index (χ0v) is 15.3. The fourth-order valence-electron chi connectivity index (χ4n) is 3.33. The maximum atomic E-state index is 11.9. The molecule has 0 fully saturated rings. The molecule has 0 aliphatic carbocycles. The molecule has 0 aromatic heterocycles. The number of hydrogen-bond donors (Lipinski definition) is 2. The van der Waals surface area contributed by atoms with Gasteiger partial charge in [0.2, 0.25) is 0 Å². The van der Waals surface area contributed by atoms with Crippen LogP contribution in [0, 0.1) is 5.92 Å². The first-order valence-corrected chi connectivity index (χ1v) is 10.0. The Morgan fingerprint density at radius 1 is 0.958 bits per heavy atom. The van der Waals surface area contributed by atoms with Crippen LogP contribution >= 0.6 is 10.2 Å². The summed E-state index contributed by atoms with van der Waals surface area (Å²) in [7, 11) is 0.219. The van der Waals surface area contributed by atoms with E-state index in [0.29, 0.717) is 0 Å². The average molecular weight is 340 g/mol. The Hall–Kier alpha value is -1.81. The van der Waals surface area contributed by atoms with E-state index in [4.69, 9.17) is 0 Å². The molecule has 1 aliphatic heterocycles. The van der Waals surface area contributed by atoms with E-state index < -0.39 is 15.1 Å². The van der Waals surface area contributed by atoms with Gasteiger partial charge >= 0.3 is 0 Å². The van der Waals surface area contributed by atoms with E-state index in [1.165, 1.54) is 5.56 Å². The molecule has 1 heterocycles. The van der Waals surface area contributed by atoms with E-state index in [1.807, 2.05) is 55.6 Å². The van der Waals surface area contributed by atoms with Crippen LogP contribution in [0.25, 0.3) is 5.57 Å². The van der Waals surface area contributed by atoms with Crippen LogP contribution in [-0.4, -0.2) is 12.2 Å². The summed E-state index contributed by atoms with van der Waals surface area (Å²) < 4.78 is 3.47. The van der Waals surface area contributed by atoms with Gasteiger partial charge in [-0.15, -0.1) is 10.2 Å². The molecular weight excluding hydrogens is 314 g/mol. The fourth-order valence-corrected chi connectivity index (χ4v) is 6.64. The van der Waals surface area contributed by atoms with Crippen molar-refractivity contribution >= 4 is 15.8 Å². The van der Waals surface area contributed by atoms with E-state index in [1.54, 1.807) is 0 Å². The average Bonchev–Trinajstić information content (AvgIpc) is 3.08. The van der Waals surface area contributed by atoms with Crippen LogP contribution in [0.4, 0.5) is 0 Å². The minimum atomic E-state index is -1.73. The number of rotatable bonds is 5. The van der Waals surface area contributed by atoms with Crippen LogP contribution in [0.1, 0.15) is 25.0 Å². The van der Waals surface area contributed by atoms with Gasteiger partial charge in [0.05, 0.1) is 0 Å². The predicted octanol–water partition coefficient (Wildman–Crippen LogP) is 5.00. The molecular formula is C21H25NOS. The van der Waals surface area contributed by atoms with E-state index in [9.17, 15) is 5.11 Å². The SMILES string of the molecule is CNS1(C(O)(c2ccccc2)C(C)C)C=CC(c2ccccc2)=C1. The second-order valence-electron chi connectivity index (χ2n) is 6.37. The summed E-state index contributed by atoms with van der Waals surface area (Å²) >= 11 is 0. The largest absolute Gasteiger partial charge is 0.375 e. The highest BCUT2D eigenvalue weighted by atomic mass is 32.3. The summed E-state index contributed by atoms with van der Waals surface area (Å²) in [5.41, 5.74) is 3.30. The van der Waals surface area contributed by atoms with Crippen LogP contribution in [0.5, 0.6) is 0 Å². The van der Waals surface area contributed by atoms with Gasteiger partial charge in [-0.05, 0) is 46.6 Å². The normalized spacial score (nSPS) is 25.1. The second-order valence-corrected chi connectivity index (χ2v) is 9.33. The van der Waals surface area contributed by atoms with Gasteiger partial charge in [0.15, 0.2) is 0 Å². The van der Waals surface area contributed by atoms with Gasteiger partial charge in [0.1, 0.15) is 4.93 Å². The molecule has 2 unspecified atom stereocenters. The van der Waals surface area contributed by atoms with Crippen molar-refractivity contribution in [2.24, 2.45) is 5.92 Å². The highest BCUT2D eigenvalue weighted by molar-refractivity contribution is 8.37. The molecule has 2 nitrogen and oxygen atoms in total. The summed E-state index contributed by atoms with van der Waals surface area (Å²) in [6, 6.07) is 20.4. The van der Waals surface area contributed by atoms with Crippen molar-refractivity contribution in [1.82, 2.24) is 4.72 Å². The molecule has 2 atom stereocenters. The van der Waals surface area contributed by atoms with Gasteiger partial charge in [0, 0.05) is 0 Å². The topological polar surface area (TPSA) is 32.3 Å². The first-order valence-electron chi connectivity index (χ1n) is 8.28. The Balaban J connectivity index is 2.13. The summed E-state index contributed by atoms with van der Waals surface area (Å²) in [5.74, 6) is 0.0679. The number of aliphatic hydroxyl groups is 1. The molecule has 2 N–H and O–H groups in total. The predicted molar refractivity (Wildman–Crippen MR) is 105 cm³/mol. The lowest BCUT2D eigenvalue weighted by molar-refractivity contribution is 0.0820. The molecule has 24 heavy (non-hydrogen) atoms. The van der Waals surface area contributed by atoms with Crippen LogP contribution in [0.2, 0.25) is 0 Å². The van der Waals surface area contributed by atoms with E-state index in [2.05, 4.69) is 47.6 Å². The maximum Gasteiger partial charge on any atom is 0.140 e. The number of nitrogens with one attached hydrogen (secondary N) is 1. The molecule has 2 aromatic carbocycles. The summed E-state index contributed by atoms with van der Waals surface area (Å²) in [6.07, 6.45) is 2.14. The molecule has 2 aromatic rings. The minimum Gasteiger partial charge on any atom is -0.375 e. The summed E-state index contributed by atoms with van der Waals surface area (Å²) in [6.45, 7) is 4.17. The van der Waals surface area contributed by atoms with Crippen molar-refractivity contribution in [2.75, 3.05) is 7.05 Å². The van der Waals surface area contributed by atoms with Gasteiger partial charge in [-0.1, -0.05) is 74.5 Å². The molecule has 3 heteroatoms. The van der Waals surface area contributed by atoms with Crippen molar-refractivity contribution in [1.29, 1.82) is 0 Å². The molecule has 0 bridgehead atoms. The third-order valence-corrected chi connectivity index (χ3v) is 8.31. The molecule has 0 spiro atoms. The van der Waals surface area contributed by atoms with E-state index in [-0.39, 0.29) is 5.92 Å². The number of hydrogen-bond acceptors (Lipinski definition) is 2. The number of allylic oxidation sites excluding steroid dienone is 2. The van der Waals surface area contributed by atoms with Crippen molar-refractivity contribution < 1.29 is 5.11 Å². The van der Waals surface area contributed by atoms with Crippen molar-refractivity contribution in [3.8, 4) is 0 Å². The first kappa shape index (κ1) is 17.0. The Morgan fingerprint density at radius 3 is 2.08 bits per heavy atom. The van der Waals surface area contributed by atoms with Crippen molar-refractivity contribution in [3.63, 3.8) is 0 Å². The smallest absolute Gasteiger partial charge is 0.140 e. The Kier molecular flexibility index (Phi) is 4.68. The highest BCUT2D eigenvalue weighted by Gasteiger charge is 2.48. The number of benzene rings is 2. The van der Waals surface area contributed by atoms with Crippen molar-refractivity contribution in [2.45, 2.75) is 18.8 Å². The summed E-state index contributed by atoms with van der Waals surface area (Å²) in [5, 5.41) is 16.3. The Labute approximate surface area is 146 Å². The lowest BCUT2D eigenvalue weighted by atomic mass is 9.98. The zero-order valence-electron chi connectivity index (χ0n) is 14.4. The van der Waals surface area contributed by atoms with E-state index >= 15 is 0 Å². The quantitative estimate of drug-likeness (QED) is 0.804. The lowest BCUT2D eigenvalue weighted by Gasteiger charge is -2.50.